The fourth-order valence-corrected chi connectivity index (χ4v) is 15.3. The van der Waals surface area contributed by atoms with Crippen molar-refractivity contribution in [3.05, 3.63) is 82.4 Å². The van der Waals surface area contributed by atoms with E-state index in [1.807, 2.05) is 6.92 Å². The van der Waals surface area contributed by atoms with Gasteiger partial charge in [0.1, 0.15) is 71.1 Å². The molecule has 3 heterocycles. The molecule has 2 saturated carbocycles. The van der Waals surface area contributed by atoms with Gasteiger partial charge in [0.05, 0.1) is 31.2 Å². The molecule has 0 radical (unpaired) electrons. The first-order valence-corrected chi connectivity index (χ1v) is 37.6. The first-order chi connectivity index (χ1) is 51.2. The molecule has 2 aromatic carbocycles. The van der Waals surface area contributed by atoms with Gasteiger partial charge in [-0.3, -0.25) is 57.5 Å². The minimum Gasteiger partial charge on any atom is -0.377 e. The van der Waals surface area contributed by atoms with Crippen LogP contribution in [0.15, 0.2) is 48.6 Å². The Labute approximate surface area is 631 Å². The summed E-state index contributed by atoms with van der Waals surface area (Å²) in [4.78, 5) is 191. The van der Waals surface area contributed by atoms with Gasteiger partial charge >= 0.3 is 12.4 Å². The summed E-state index contributed by atoms with van der Waals surface area (Å²) in [6.07, 6.45) is -6.56. The van der Waals surface area contributed by atoms with Crippen LogP contribution in [0.4, 0.5) is 35.1 Å². The minimum atomic E-state index is -5.46. The number of hydrogen-bond donors (Lipinski definition) is 3. The molecule has 3 N–H and O–H groups in total. The average Bonchev–Trinajstić information content (AvgIpc) is 1.71. The monoisotopic (exact) mass is 1550 g/mol. The van der Waals surface area contributed by atoms with Crippen molar-refractivity contribution in [2.75, 3.05) is 88.7 Å². The first kappa shape index (κ1) is 87.4. The molecule has 25 nitrogen and oxygen atoms in total. The van der Waals surface area contributed by atoms with E-state index in [0.29, 0.717) is 63.5 Å². The number of carbonyl (C=O) groups excluding carboxylic acids is 12. The van der Waals surface area contributed by atoms with Crippen LogP contribution in [0, 0.1) is 23.5 Å². The van der Waals surface area contributed by atoms with E-state index in [2.05, 4.69) is 16.0 Å². The van der Waals surface area contributed by atoms with Gasteiger partial charge in [-0.1, -0.05) is 77.7 Å². The van der Waals surface area contributed by atoms with Crippen LogP contribution in [0.3, 0.4) is 0 Å². The first-order valence-electron chi connectivity index (χ1n) is 37.6. The van der Waals surface area contributed by atoms with E-state index in [4.69, 9.17) is 4.74 Å². The smallest absolute Gasteiger partial charge is 0.377 e. The summed E-state index contributed by atoms with van der Waals surface area (Å²) < 4.78 is 120. The quantitative estimate of drug-likeness (QED) is 0.131. The number of nitrogens with zero attached hydrogens (tertiary/aromatic N) is 9. The maximum absolute atomic E-state index is 15.6. The van der Waals surface area contributed by atoms with Gasteiger partial charge in [-0.05, 0) is 125 Å². The number of ether oxygens (including phenoxy) is 1. The normalized spacial score (nSPS) is 25.9. The van der Waals surface area contributed by atoms with Crippen LogP contribution in [0.2, 0.25) is 0 Å². The molecule has 2 aliphatic carbocycles. The van der Waals surface area contributed by atoms with Crippen LogP contribution in [0.25, 0.3) is 0 Å². The second kappa shape index (κ2) is 37.8. The Bertz CT molecular complexity index is 3640. The van der Waals surface area contributed by atoms with Crippen LogP contribution in [0.5, 0.6) is 0 Å². The van der Waals surface area contributed by atoms with Crippen molar-refractivity contribution in [3.63, 3.8) is 0 Å². The van der Waals surface area contributed by atoms with Gasteiger partial charge in [0.15, 0.2) is 0 Å². The zero-order valence-electron chi connectivity index (χ0n) is 64.3. The number of aryl methyl sites for hydroxylation is 1. The molecule has 7 rings (SSSR count). The molecular formula is C76H106F8N12O13. The Hall–Kier alpha value is -8.78. The summed E-state index contributed by atoms with van der Waals surface area (Å²) in [6.45, 7) is 6.73. The third-order valence-electron chi connectivity index (χ3n) is 22.1. The average molecular weight is 1550 g/mol. The van der Waals surface area contributed by atoms with E-state index in [0.717, 1.165) is 65.6 Å². The van der Waals surface area contributed by atoms with Crippen molar-refractivity contribution < 1.29 is 97.4 Å². The molecule has 4 fully saturated rings. The number of nitrogens with one attached hydrogen (secondary N) is 3. The molecule has 33 heteroatoms. The second-order valence-electron chi connectivity index (χ2n) is 29.7. The number of halogens is 8. The maximum Gasteiger partial charge on any atom is 0.422 e. The molecule has 3 aliphatic heterocycles. The summed E-state index contributed by atoms with van der Waals surface area (Å²) in [6, 6.07) is -7.26. The Balaban J connectivity index is 1.35. The lowest BCUT2D eigenvalue weighted by Crippen LogP contribution is -2.68. The summed E-state index contributed by atoms with van der Waals surface area (Å²) in [5, 5.41) is 8.27. The van der Waals surface area contributed by atoms with Crippen molar-refractivity contribution in [2.24, 2.45) is 11.8 Å². The lowest BCUT2D eigenvalue weighted by Gasteiger charge is -2.46. The molecule has 2 aromatic rings. The predicted molar refractivity (Wildman–Crippen MR) is 383 cm³/mol. The van der Waals surface area contributed by atoms with E-state index in [1.165, 1.54) is 52.1 Å². The molecule has 109 heavy (non-hydrogen) atoms. The number of amides is 12. The summed E-state index contributed by atoms with van der Waals surface area (Å²) in [7, 11) is 9.37. The van der Waals surface area contributed by atoms with Gasteiger partial charge in [-0.25, -0.2) is 8.78 Å². The van der Waals surface area contributed by atoms with Gasteiger partial charge < -0.3 is 64.8 Å². The lowest BCUT2D eigenvalue weighted by molar-refractivity contribution is -0.158. The Morgan fingerprint density at radius 1 is 0.661 bits per heavy atom. The topological polar surface area (TPSA) is 279 Å². The van der Waals surface area contributed by atoms with Crippen molar-refractivity contribution in [2.45, 2.75) is 223 Å². The van der Waals surface area contributed by atoms with Gasteiger partial charge in [-0.2, -0.15) is 26.3 Å². The van der Waals surface area contributed by atoms with E-state index in [1.54, 1.807) is 39.8 Å². The maximum atomic E-state index is 15.6. The number of fused-ring (bicyclic) bond motifs is 3. The van der Waals surface area contributed by atoms with Crippen molar-refractivity contribution in [3.8, 4) is 0 Å². The molecule has 0 aromatic heterocycles. The van der Waals surface area contributed by atoms with Crippen LogP contribution < -0.4 is 16.0 Å². The van der Waals surface area contributed by atoms with E-state index in [-0.39, 0.29) is 70.3 Å². The number of alkyl halides is 6. The largest absolute Gasteiger partial charge is 0.422 e. The van der Waals surface area contributed by atoms with E-state index in [9.17, 15) is 55.1 Å². The van der Waals surface area contributed by atoms with Gasteiger partial charge in [-0.15, -0.1) is 0 Å². The number of hydrogen-bond acceptors (Lipinski definition) is 13. The van der Waals surface area contributed by atoms with Crippen LogP contribution in [-0.4, -0.2) is 264 Å². The van der Waals surface area contributed by atoms with E-state index >= 15 is 37.5 Å². The molecular weight excluding hydrogens is 1440 g/mol. The molecule has 10 atom stereocenters. The molecule has 12 amide bonds. The van der Waals surface area contributed by atoms with E-state index < -0.39 is 222 Å². The van der Waals surface area contributed by atoms with Crippen LogP contribution in [-0.2, 0) is 87.5 Å². The second-order valence-corrected chi connectivity index (χ2v) is 29.7. The zero-order valence-corrected chi connectivity index (χ0v) is 64.3. The van der Waals surface area contributed by atoms with Crippen LogP contribution >= 0.6 is 0 Å². The number of rotatable bonds is 15. The highest BCUT2D eigenvalue weighted by molar-refractivity contribution is 6.01. The van der Waals surface area contributed by atoms with Gasteiger partial charge in [0.25, 0.3) is 0 Å². The van der Waals surface area contributed by atoms with Crippen molar-refractivity contribution in [1.82, 2.24) is 60.0 Å². The fraction of sp³-hybridized carbons (Fsp3) is 0.658. The molecule has 604 valence electrons. The Morgan fingerprint density at radius 3 is 1.86 bits per heavy atom. The molecule has 2 bridgehead atoms. The van der Waals surface area contributed by atoms with Crippen LogP contribution in [0.1, 0.15) is 160 Å². The number of carbonyl (C=O) groups is 12. The van der Waals surface area contributed by atoms with Crippen molar-refractivity contribution in [1.29, 1.82) is 0 Å². The highest BCUT2D eigenvalue weighted by Gasteiger charge is 2.54. The standard InChI is InChI=1S/C76H106F8N12O13/c1-13-23-54-65(100)86-63(45(5)15-3)71(106)90(8)44-61(99)92(10)55-26-18-17-21-36-95(70(55)105)58(39-46-27-30-49(31-28-46)75(79,80)81)69(104)89(7)43-59(97)85-53(32-29-47-37-51(77)62(52(78)38-47)76(82,83)84)67(102)96-42-50(109-16-4)40-56(96)66(101)87-74(33-22-34-74)73(108)94(12)64(48-24-19-20-25-48)72(107)93(11)57(41-60(98)91(54)9)68(103)88(6)35-14-2/h17-18,27-28,30-31,37-38,45,48,50,53-58,63-64H,13-16,19-26,29,32-36,39-44H2,1-12H3,(H,85,97)(H,86,100)(H,87,101)/b18-17-/t45-,50+,53+,54-,55-,56-,57-,58-,63-,64-/m0/s1. The van der Waals surface area contributed by atoms with Gasteiger partial charge in [0.2, 0.25) is 70.9 Å². The number of benzene rings is 2. The zero-order chi connectivity index (χ0) is 80.9. The Kier molecular flexibility index (Phi) is 30.3. The highest BCUT2D eigenvalue weighted by Crippen LogP contribution is 2.40. The lowest BCUT2D eigenvalue weighted by atomic mass is 9.74. The molecule has 0 unspecified atom stereocenters. The highest BCUT2D eigenvalue weighted by atomic mass is 19.4. The number of likely N-dealkylation sites (N-methyl/N-ethyl adjacent to an activating group) is 7. The predicted octanol–water partition coefficient (Wildman–Crippen LogP) is 6.27. The third-order valence-corrected chi connectivity index (χ3v) is 22.1. The SMILES string of the molecule is CCC[C@H]1C(=O)N[C@@H]([C@@H](C)CC)C(=O)N(C)CC(=O)N(C)[C@H]2C/C=C\CCN(C2=O)[C@@H](Cc2ccc(C(F)(F)F)cc2)C(=O)N(C)CC(=O)N[C@H](CCc2cc(F)c(C(F)(F)F)c(F)c2)C(=O)N2C[C@H](OCC)C[C@H]2C(=O)NC2(CCC2)C(=O)N(C)[C@@H](C2CCCC2)C(=O)N(C)[C@H](C(=O)N(C)CCC)CC(=O)N1C. The Morgan fingerprint density at radius 2 is 1.29 bits per heavy atom. The summed E-state index contributed by atoms with van der Waals surface area (Å²) in [5.41, 5.74) is -5.24. The minimum absolute atomic E-state index is 0.0365. The summed E-state index contributed by atoms with van der Waals surface area (Å²) in [5.74, 6) is -15.0. The summed E-state index contributed by atoms with van der Waals surface area (Å²) >= 11 is 0. The van der Waals surface area contributed by atoms with Crippen molar-refractivity contribution >= 4 is 70.9 Å². The molecule has 2 saturated heterocycles. The molecule has 5 aliphatic rings. The third kappa shape index (κ3) is 21.0. The van der Waals surface area contributed by atoms with Gasteiger partial charge in [0, 0.05) is 88.4 Å². The fourth-order valence-electron chi connectivity index (χ4n) is 15.3. The molecule has 1 spiro atoms.